The maximum Gasteiger partial charge on any atom is 0.0497 e. The minimum absolute atomic E-state index is 0.132. The number of aromatic nitrogens is 2. The zero-order valence-corrected chi connectivity index (χ0v) is 12.1. The first-order chi connectivity index (χ1) is 9.22. The van der Waals surface area contributed by atoms with Crippen LogP contribution in [-0.4, -0.2) is 46.0 Å². The Hall–Kier alpha value is -0.870. The van der Waals surface area contributed by atoms with Gasteiger partial charge in [-0.15, -0.1) is 0 Å². The fraction of sp³-hybridized carbons (Fsp3) is 0.800. The highest BCUT2D eigenvalue weighted by atomic mass is 16.3. The number of aryl methyl sites for hydroxylation is 1. The third kappa shape index (κ3) is 4.62. The summed E-state index contributed by atoms with van der Waals surface area (Å²) in [5, 5.41) is 13.7. The van der Waals surface area contributed by atoms with Crippen molar-refractivity contribution >= 4 is 0 Å². The zero-order valence-electron chi connectivity index (χ0n) is 12.1. The molecule has 1 fully saturated rings. The molecular formula is C15H27N3O. The van der Waals surface area contributed by atoms with Gasteiger partial charge in [0.05, 0.1) is 0 Å². The van der Waals surface area contributed by atoms with E-state index in [0.29, 0.717) is 6.61 Å². The molecule has 0 saturated carbocycles. The molecule has 1 aromatic rings. The normalized spacial score (nSPS) is 24.7. The van der Waals surface area contributed by atoms with Crippen LogP contribution in [0.15, 0.2) is 18.5 Å². The molecule has 1 N–H and O–H groups in total. The first-order valence-electron chi connectivity index (χ1n) is 7.52. The van der Waals surface area contributed by atoms with Crippen LogP contribution in [0, 0.1) is 5.41 Å². The Bertz CT molecular complexity index is 352. The van der Waals surface area contributed by atoms with Crippen molar-refractivity contribution in [1.82, 2.24) is 14.7 Å². The van der Waals surface area contributed by atoms with E-state index in [1.807, 2.05) is 23.1 Å². The summed E-state index contributed by atoms with van der Waals surface area (Å²) in [6.07, 6.45) is 9.96. The molecule has 1 atom stereocenters. The van der Waals surface area contributed by atoms with Crippen molar-refractivity contribution < 1.29 is 5.11 Å². The van der Waals surface area contributed by atoms with Crippen molar-refractivity contribution in [1.29, 1.82) is 0 Å². The highest BCUT2D eigenvalue weighted by Gasteiger charge is 2.29. The fourth-order valence-electron chi connectivity index (χ4n) is 2.97. The van der Waals surface area contributed by atoms with Crippen LogP contribution in [-0.2, 0) is 6.54 Å². The molecule has 1 aliphatic heterocycles. The third-order valence-electron chi connectivity index (χ3n) is 4.16. The van der Waals surface area contributed by atoms with Gasteiger partial charge in [-0.2, -0.15) is 5.10 Å². The number of aliphatic hydroxyl groups excluding tert-OH is 1. The molecule has 0 amide bonds. The summed E-state index contributed by atoms with van der Waals surface area (Å²) < 4.78 is 2.00. The molecule has 0 radical (unpaired) electrons. The average molecular weight is 265 g/mol. The molecule has 1 unspecified atom stereocenters. The minimum atomic E-state index is 0.132. The number of likely N-dealkylation sites (tertiary alicyclic amines) is 1. The van der Waals surface area contributed by atoms with Crippen molar-refractivity contribution in [3.63, 3.8) is 0 Å². The lowest BCUT2D eigenvalue weighted by molar-refractivity contribution is 0.0458. The first-order valence-corrected chi connectivity index (χ1v) is 7.52. The minimum Gasteiger partial charge on any atom is -0.396 e. The number of aliphatic hydroxyl groups is 1. The Labute approximate surface area is 116 Å². The Morgan fingerprint density at radius 2 is 2.11 bits per heavy atom. The second-order valence-corrected chi connectivity index (χ2v) is 6.18. The lowest BCUT2D eigenvalue weighted by Gasteiger charge is -2.39. The maximum atomic E-state index is 9.45. The van der Waals surface area contributed by atoms with E-state index >= 15 is 0 Å². The van der Waals surface area contributed by atoms with E-state index in [0.717, 1.165) is 13.1 Å². The molecule has 0 bridgehead atoms. The predicted octanol–water partition coefficient (Wildman–Crippen LogP) is 2.15. The van der Waals surface area contributed by atoms with Crippen molar-refractivity contribution in [3.05, 3.63) is 18.5 Å². The number of rotatable bonds is 7. The Kier molecular flexibility index (Phi) is 5.40. The maximum absolute atomic E-state index is 9.45. The molecule has 2 rings (SSSR count). The summed E-state index contributed by atoms with van der Waals surface area (Å²) in [6.45, 7) is 6.99. The molecule has 2 heterocycles. The van der Waals surface area contributed by atoms with Gasteiger partial charge >= 0.3 is 0 Å². The van der Waals surface area contributed by atoms with E-state index in [4.69, 9.17) is 0 Å². The molecule has 1 saturated heterocycles. The number of hydrogen-bond donors (Lipinski definition) is 1. The number of nitrogens with zero attached hydrogens (tertiary/aromatic N) is 3. The molecule has 0 aliphatic carbocycles. The van der Waals surface area contributed by atoms with Crippen molar-refractivity contribution in [2.45, 2.75) is 45.6 Å². The van der Waals surface area contributed by atoms with Gasteiger partial charge in [0.15, 0.2) is 0 Å². The summed E-state index contributed by atoms with van der Waals surface area (Å²) in [5.74, 6) is 0. The van der Waals surface area contributed by atoms with Crippen LogP contribution in [0.25, 0.3) is 0 Å². The molecule has 4 nitrogen and oxygen atoms in total. The van der Waals surface area contributed by atoms with Gasteiger partial charge in [-0.05, 0) is 44.8 Å². The van der Waals surface area contributed by atoms with Crippen molar-refractivity contribution in [3.8, 4) is 0 Å². The summed E-state index contributed by atoms with van der Waals surface area (Å²) in [5.41, 5.74) is 0.132. The molecule has 1 aliphatic rings. The Balaban J connectivity index is 1.58. The number of hydrogen-bond acceptors (Lipinski definition) is 3. The van der Waals surface area contributed by atoms with Gasteiger partial charge in [0, 0.05) is 37.5 Å². The number of unbranched alkanes of at least 4 members (excludes halogenated alkanes) is 2. The third-order valence-corrected chi connectivity index (χ3v) is 4.16. The topological polar surface area (TPSA) is 41.3 Å². The van der Waals surface area contributed by atoms with Crippen LogP contribution < -0.4 is 0 Å². The zero-order chi connectivity index (χ0) is 13.6. The highest BCUT2D eigenvalue weighted by Crippen LogP contribution is 2.28. The SMILES string of the molecule is CC1(CO)CCCN(CCCCCn2cccn2)C1. The van der Waals surface area contributed by atoms with E-state index in [-0.39, 0.29) is 5.41 Å². The monoisotopic (exact) mass is 265 g/mol. The molecule has 0 spiro atoms. The van der Waals surface area contributed by atoms with Crippen LogP contribution >= 0.6 is 0 Å². The molecule has 108 valence electrons. The van der Waals surface area contributed by atoms with Crippen LogP contribution in [0.4, 0.5) is 0 Å². The molecule has 4 heteroatoms. The smallest absolute Gasteiger partial charge is 0.0497 e. The molecule has 19 heavy (non-hydrogen) atoms. The average Bonchev–Trinajstić information content (AvgIpc) is 2.92. The quantitative estimate of drug-likeness (QED) is 0.768. The van der Waals surface area contributed by atoms with E-state index < -0.39 is 0 Å². The van der Waals surface area contributed by atoms with Gasteiger partial charge in [-0.25, -0.2) is 0 Å². The standard InChI is InChI=1S/C15H27N3O/c1-15(14-19)7-5-10-17(13-15)9-3-2-4-11-18-12-6-8-16-18/h6,8,12,19H,2-5,7,9-11,13-14H2,1H3. The Morgan fingerprint density at radius 1 is 1.26 bits per heavy atom. The molecule has 0 aromatic carbocycles. The van der Waals surface area contributed by atoms with Gasteiger partial charge in [-0.3, -0.25) is 4.68 Å². The Morgan fingerprint density at radius 3 is 2.84 bits per heavy atom. The van der Waals surface area contributed by atoms with E-state index in [1.54, 1.807) is 0 Å². The summed E-state index contributed by atoms with van der Waals surface area (Å²) in [4.78, 5) is 2.52. The second kappa shape index (κ2) is 7.06. The van der Waals surface area contributed by atoms with Gasteiger partial charge in [0.2, 0.25) is 0 Å². The van der Waals surface area contributed by atoms with E-state index in [9.17, 15) is 5.11 Å². The first kappa shape index (κ1) is 14.5. The van der Waals surface area contributed by atoms with Gasteiger partial charge in [0.1, 0.15) is 0 Å². The van der Waals surface area contributed by atoms with Crippen LogP contribution in [0.3, 0.4) is 0 Å². The predicted molar refractivity (Wildman–Crippen MR) is 76.9 cm³/mol. The van der Waals surface area contributed by atoms with Gasteiger partial charge in [-0.1, -0.05) is 13.3 Å². The summed E-state index contributed by atoms with van der Waals surface area (Å²) >= 11 is 0. The van der Waals surface area contributed by atoms with Crippen molar-refractivity contribution in [2.24, 2.45) is 5.41 Å². The highest BCUT2D eigenvalue weighted by molar-refractivity contribution is 4.82. The lowest BCUT2D eigenvalue weighted by Crippen LogP contribution is -2.43. The molecular weight excluding hydrogens is 238 g/mol. The van der Waals surface area contributed by atoms with Gasteiger partial charge in [0.25, 0.3) is 0 Å². The molecule has 1 aromatic heterocycles. The lowest BCUT2D eigenvalue weighted by atomic mass is 9.83. The van der Waals surface area contributed by atoms with Crippen molar-refractivity contribution in [2.75, 3.05) is 26.2 Å². The van der Waals surface area contributed by atoms with Crippen LogP contribution in [0.5, 0.6) is 0 Å². The van der Waals surface area contributed by atoms with E-state index in [2.05, 4.69) is 16.9 Å². The van der Waals surface area contributed by atoms with Crippen LogP contribution in [0.1, 0.15) is 39.0 Å². The largest absolute Gasteiger partial charge is 0.396 e. The summed E-state index contributed by atoms with van der Waals surface area (Å²) in [6, 6.07) is 1.98. The van der Waals surface area contributed by atoms with Crippen LogP contribution in [0.2, 0.25) is 0 Å². The number of piperidine rings is 1. The second-order valence-electron chi connectivity index (χ2n) is 6.18. The summed E-state index contributed by atoms with van der Waals surface area (Å²) in [7, 11) is 0. The fourth-order valence-corrected chi connectivity index (χ4v) is 2.97. The van der Waals surface area contributed by atoms with Gasteiger partial charge < -0.3 is 10.0 Å². The van der Waals surface area contributed by atoms with E-state index in [1.165, 1.54) is 45.2 Å².